The number of hydrogen-bond acceptors (Lipinski definition) is 11. The third kappa shape index (κ3) is 9.78. The van der Waals surface area contributed by atoms with Crippen LogP contribution in [0.2, 0.25) is 0 Å². The summed E-state index contributed by atoms with van der Waals surface area (Å²) in [5.41, 5.74) is -2.14. The molecule has 1 heterocycles. The number of rotatable bonds is 13. The Morgan fingerprint density at radius 1 is 0.942 bits per heavy atom. The molecule has 0 unspecified atom stereocenters. The van der Waals surface area contributed by atoms with Crippen molar-refractivity contribution in [1.82, 2.24) is 15.3 Å². The number of alkyl halides is 6. The molecule has 0 aliphatic carbocycles. The minimum atomic E-state index is -5.24. The van der Waals surface area contributed by atoms with Gasteiger partial charge in [-0.3, -0.25) is 9.59 Å². The Morgan fingerprint density at radius 2 is 1.67 bits per heavy atom. The van der Waals surface area contributed by atoms with Crippen molar-refractivity contribution in [2.75, 3.05) is 30.2 Å². The molecule has 0 aliphatic heterocycles. The molecule has 0 saturated carbocycles. The normalized spacial score (nSPS) is 11.6. The smallest absolute Gasteiger partial charge is 0.493 e. The van der Waals surface area contributed by atoms with Gasteiger partial charge in [0.15, 0.2) is 17.2 Å². The predicted octanol–water partition coefficient (Wildman–Crippen LogP) is 5.60. The summed E-state index contributed by atoms with van der Waals surface area (Å²) < 4.78 is 120. The second kappa shape index (κ2) is 15.4. The van der Waals surface area contributed by atoms with E-state index in [2.05, 4.69) is 42.6 Å². The van der Waals surface area contributed by atoms with Crippen LogP contribution in [0.3, 0.4) is 0 Å². The lowest BCUT2D eigenvalue weighted by atomic mass is 10.1. The van der Waals surface area contributed by atoms with Gasteiger partial charge >= 0.3 is 12.5 Å². The van der Waals surface area contributed by atoms with E-state index in [0.29, 0.717) is 6.07 Å². The zero-order chi connectivity index (χ0) is 38.4. The zero-order valence-electron chi connectivity index (χ0n) is 26.8. The van der Waals surface area contributed by atoms with Gasteiger partial charge in [-0.2, -0.15) is 18.2 Å². The number of carbonyl (C=O) groups is 2. The molecule has 2 amide bonds. The Balaban J connectivity index is 1.65. The zero-order valence-corrected chi connectivity index (χ0v) is 27.6. The molecule has 0 aliphatic rings. The van der Waals surface area contributed by atoms with E-state index in [1.165, 1.54) is 44.7 Å². The maximum Gasteiger partial charge on any atom is 0.573 e. The largest absolute Gasteiger partial charge is 0.573 e. The van der Waals surface area contributed by atoms with Crippen LogP contribution in [0.5, 0.6) is 17.2 Å². The summed E-state index contributed by atoms with van der Waals surface area (Å²) in [6.45, 7) is 2.79. The molecule has 4 aromatic rings. The van der Waals surface area contributed by atoms with E-state index >= 15 is 0 Å². The Hall–Kier alpha value is -6.09. The van der Waals surface area contributed by atoms with Gasteiger partial charge in [0.05, 0.1) is 31.2 Å². The molecule has 14 nitrogen and oxygen atoms in total. The molecule has 0 saturated heterocycles. The van der Waals surface area contributed by atoms with Crippen molar-refractivity contribution in [3.63, 3.8) is 0 Å². The van der Waals surface area contributed by atoms with Crippen LogP contribution in [-0.2, 0) is 27.5 Å². The van der Waals surface area contributed by atoms with Gasteiger partial charge in [-0.15, -0.1) is 13.2 Å². The number of nitrogens with zero attached hydrogens (tertiary/aromatic N) is 2. The van der Waals surface area contributed by atoms with Gasteiger partial charge in [0.1, 0.15) is 10.7 Å². The number of nitrogens with two attached hydrogens (primary N) is 1. The Morgan fingerprint density at radius 3 is 2.29 bits per heavy atom. The van der Waals surface area contributed by atoms with Crippen LogP contribution < -0.4 is 40.6 Å². The topological polar surface area (TPSA) is 196 Å². The Kier molecular flexibility index (Phi) is 11.5. The van der Waals surface area contributed by atoms with Gasteiger partial charge in [0.2, 0.25) is 21.9 Å². The fourth-order valence-electron chi connectivity index (χ4n) is 4.58. The highest BCUT2D eigenvalue weighted by molar-refractivity contribution is 7.89. The summed E-state index contributed by atoms with van der Waals surface area (Å²) in [5, 5.41) is 15.2. The van der Waals surface area contributed by atoms with Crippen molar-refractivity contribution >= 4 is 50.7 Å². The quantitative estimate of drug-likeness (QED) is 0.0842. The summed E-state index contributed by atoms with van der Waals surface area (Å²) in [5.74, 6) is -2.98. The first-order valence-corrected chi connectivity index (χ1v) is 15.8. The number of ether oxygens (including phenoxy) is 3. The van der Waals surface area contributed by atoms with Crippen molar-refractivity contribution in [1.29, 1.82) is 0 Å². The standard InChI is InChI=1S/C31H27F6N7O7S/c1-4-25(45)40-15-16-8-9-18(14-19(16)30(32,33)34)41-28(46)17-12-21(26(50-3)23(13-17)49-2)43-29-39-11-10-24(44-29)42-20-6-5-7-22(51-31(35,36)37)27(20)52(38,47)48/h4-14H,1,15H2,2-3H3,(H,40,45)(H,41,46)(H2,38,47,48)(H2,39,42,43,44). The molecule has 276 valence electrons. The molecule has 0 radical (unpaired) electrons. The number of nitrogens with one attached hydrogen (secondary N) is 4. The molecule has 0 spiro atoms. The van der Waals surface area contributed by atoms with Gasteiger partial charge in [-0.1, -0.05) is 18.7 Å². The number of benzene rings is 3. The lowest BCUT2D eigenvalue weighted by Crippen LogP contribution is -2.22. The van der Waals surface area contributed by atoms with E-state index in [-0.39, 0.29) is 45.8 Å². The van der Waals surface area contributed by atoms with Crippen LogP contribution in [0.4, 0.5) is 55.2 Å². The lowest BCUT2D eigenvalue weighted by molar-refractivity contribution is -0.275. The number of carbonyl (C=O) groups excluding carboxylic acids is 2. The molecule has 0 fully saturated rings. The van der Waals surface area contributed by atoms with E-state index in [1.54, 1.807) is 0 Å². The van der Waals surface area contributed by atoms with Crippen LogP contribution >= 0.6 is 0 Å². The number of aromatic nitrogens is 2. The number of methoxy groups -OCH3 is 2. The number of halogens is 6. The minimum absolute atomic E-state index is 0.00417. The highest BCUT2D eigenvalue weighted by Gasteiger charge is 2.35. The minimum Gasteiger partial charge on any atom is -0.493 e. The first kappa shape index (κ1) is 38.7. The van der Waals surface area contributed by atoms with Crippen molar-refractivity contribution < 1.29 is 58.6 Å². The summed E-state index contributed by atoms with van der Waals surface area (Å²) in [6.07, 6.45) is -7.98. The molecule has 21 heteroatoms. The van der Waals surface area contributed by atoms with Crippen molar-refractivity contribution in [3.8, 4) is 17.2 Å². The maximum absolute atomic E-state index is 13.9. The molecular formula is C31H27F6N7O7S. The van der Waals surface area contributed by atoms with Crippen LogP contribution in [-0.4, -0.2) is 50.8 Å². The Labute approximate surface area is 291 Å². The maximum atomic E-state index is 13.9. The van der Waals surface area contributed by atoms with Gasteiger partial charge in [-0.05, 0) is 54.1 Å². The number of amides is 2. The summed E-state index contributed by atoms with van der Waals surface area (Å²) >= 11 is 0. The average molecular weight is 756 g/mol. The predicted molar refractivity (Wildman–Crippen MR) is 174 cm³/mol. The van der Waals surface area contributed by atoms with Gasteiger partial charge in [0, 0.05) is 24.0 Å². The summed E-state index contributed by atoms with van der Waals surface area (Å²) in [4.78, 5) is 32.0. The second-order valence-electron chi connectivity index (χ2n) is 10.2. The van der Waals surface area contributed by atoms with Crippen LogP contribution in [0.1, 0.15) is 21.5 Å². The highest BCUT2D eigenvalue weighted by atomic mass is 32.2. The van der Waals surface area contributed by atoms with Crippen molar-refractivity contribution in [3.05, 3.63) is 90.1 Å². The third-order valence-electron chi connectivity index (χ3n) is 6.71. The van der Waals surface area contributed by atoms with Gasteiger partial charge in [0.25, 0.3) is 5.91 Å². The molecule has 1 aromatic heterocycles. The number of hydrogen-bond donors (Lipinski definition) is 5. The van der Waals surface area contributed by atoms with Crippen molar-refractivity contribution in [2.24, 2.45) is 5.14 Å². The molecule has 0 atom stereocenters. The SMILES string of the molecule is C=CC(=O)NCc1ccc(NC(=O)c2cc(Nc3nccc(Nc4cccc(OC(F)(F)F)c4S(N)(=O)=O)n3)c(OC)c(OC)c2)cc1C(F)(F)F. The highest BCUT2D eigenvalue weighted by Crippen LogP contribution is 2.39. The first-order chi connectivity index (χ1) is 24.3. The van der Waals surface area contributed by atoms with Crippen LogP contribution in [0, 0.1) is 0 Å². The number of sulfonamides is 1. The van der Waals surface area contributed by atoms with Gasteiger partial charge < -0.3 is 35.5 Å². The Bertz CT molecular complexity index is 2110. The van der Waals surface area contributed by atoms with E-state index in [9.17, 15) is 44.3 Å². The van der Waals surface area contributed by atoms with Crippen LogP contribution in [0.15, 0.2) is 78.3 Å². The second-order valence-corrected chi connectivity index (χ2v) is 11.7. The van der Waals surface area contributed by atoms with E-state index in [0.717, 1.165) is 30.3 Å². The van der Waals surface area contributed by atoms with E-state index in [4.69, 9.17) is 14.6 Å². The van der Waals surface area contributed by atoms with E-state index in [1.807, 2.05) is 0 Å². The molecule has 52 heavy (non-hydrogen) atoms. The van der Waals surface area contributed by atoms with Crippen molar-refractivity contribution in [2.45, 2.75) is 24.0 Å². The van der Waals surface area contributed by atoms with E-state index < -0.39 is 62.8 Å². The monoisotopic (exact) mass is 755 g/mol. The first-order valence-electron chi connectivity index (χ1n) is 14.3. The lowest BCUT2D eigenvalue weighted by Gasteiger charge is -2.18. The van der Waals surface area contributed by atoms with Crippen LogP contribution in [0.25, 0.3) is 0 Å². The fourth-order valence-corrected chi connectivity index (χ4v) is 5.39. The third-order valence-corrected chi connectivity index (χ3v) is 7.70. The average Bonchev–Trinajstić information content (AvgIpc) is 3.05. The number of primary sulfonamides is 1. The molecule has 3 aromatic carbocycles. The molecule has 4 rings (SSSR count). The summed E-state index contributed by atoms with van der Waals surface area (Å²) in [7, 11) is -2.25. The number of anilines is 5. The molecule has 6 N–H and O–H groups in total. The molecule has 0 bridgehead atoms. The summed E-state index contributed by atoms with van der Waals surface area (Å²) in [6, 6.07) is 9.66. The van der Waals surface area contributed by atoms with Gasteiger partial charge in [-0.25, -0.2) is 18.5 Å². The fraction of sp³-hybridized carbons (Fsp3) is 0.161. The molecular weight excluding hydrogens is 728 g/mol.